The largest absolute Gasteiger partial charge is 0.459 e. The molecule has 1 saturated heterocycles. The summed E-state index contributed by atoms with van der Waals surface area (Å²) in [6.45, 7) is 1.33. The maximum absolute atomic E-state index is 12.7. The van der Waals surface area contributed by atoms with Crippen molar-refractivity contribution in [1.29, 1.82) is 0 Å². The average molecular weight is 368 g/mol. The Morgan fingerprint density at radius 2 is 2.19 bits per heavy atom. The van der Waals surface area contributed by atoms with E-state index in [1.807, 2.05) is 18.2 Å². The van der Waals surface area contributed by atoms with Crippen LogP contribution in [0.1, 0.15) is 29.1 Å². The van der Waals surface area contributed by atoms with Gasteiger partial charge in [-0.2, -0.15) is 0 Å². The molecule has 0 N–H and O–H groups in total. The van der Waals surface area contributed by atoms with Gasteiger partial charge in [0.1, 0.15) is 5.71 Å². The number of hydrogen-bond acceptors (Lipinski definition) is 6. The maximum atomic E-state index is 12.7. The summed E-state index contributed by atoms with van der Waals surface area (Å²) in [4.78, 5) is 38.2. The fraction of sp³-hybridized carbons (Fsp3) is 0.368. The van der Waals surface area contributed by atoms with E-state index >= 15 is 0 Å². The zero-order valence-corrected chi connectivity index (χ0v) is 15.0. The van der Waals surface area contributed by atoms with Gasteiger partial charge in [0.2, 0.25) is 0 Å². The van der Waals surface area contributed by atoms with Crippen molar-refractivity contribution in [3.63, 3.8) is 0 Å². The van der Waals surface area contributed by atoms with E-state index in [0.717, 1.165) is 5.69 Å². The number of likely N-dealkylation sites (tertiary alicyclic amines) is 1. The summed E-state index contributed by atoms with van der Waals surface area (Å²) in [5, 5.41) is 4.03. The number of hydrogen-bond donors (Lipinski definition) is 0. The van der Waals surface area contributed by atoms with Gasteiger partial charge in [-0.3, -0.25) is 14.6 Å². The number of carbonyl (C=O) groups is 2. The highest BCUT2D eigenvalue weighted by Crippen LogP contribution is 2.34. The van der Waals surface area contributed by atoms with Crippen molar-refractivity contribution < 1.29 is 18.8 Å². The maximum Gasteiger partial charge on any atom is 0.289 e. The van der Waals surface area contributed by atoms with Crippen LogP contribution in [0.2, 0.25) is 0 Å². The van der Waals surface area contributed by atoms with Crippen LogP contribution in [-0.4, -0.2) is 58.0 Å². The van der Waals surface area contributed by atoms with Gasteiger partial charge >= 0.3 is 0 Å². The second-order valence-electron chi connectivity index (χ2n) is 6.93. The van der Waals surface area contributed by atoms with Gasteiger partial charge in [0.15, 0.2) is 11.4 Å². The van der Waals surface area contributed by atoms with Crippen LogP contribution in [0.25, 0.3) is 0 Å². The Hall–Kier alpha value is -3.16. The van der Waals surface area contributed by atoms with Gasteiger partial charge in [-0.15, -0.1) is 0 Å². The average Bonchev–Trinajstić information content (AvgIpc) is 3.43. The molecule has 0 bridgehead atoms. The van der Waals surface area contributed by atoms with Crippen molar-refractivity contribution in [2.45, 2.75) is 25.0 Å². The van der Waals surface area contributed by atoms with Gasteiger partial charge in [-0.25, -0.2) is 0 Å². The predicted octanol–water partition coefficient (Wildman–Crippen LogP) is 1.69. The third kappa shape index (κ3) is 3.42. The fourth-order valence-corrected chi connectivity index (χ4v) is 3.46. The first-order valence-corrected chi connectivity index (χ1v) is 8.80. The predicted molar refractivity (Wildman–Crippen MR) is 95.8 cm³/mol. The van der Waals surface area contributed by atoms with Crippen molar-refractivity contribution in [3.8, 4) is 0 Å². The molecule has 2 aliphatic heterocycles. The van der Waals surface area contributed by atoms with E-state index in [9.17, 15) is 9.59 Å². The summed E-state index contributed by atoms with van der Waals surface area (Å²) in [6, 6.07) is 8.91. The van der Waals surface area contributed by atoms with Crippen LogP contribution in [0.15, 0.2) is 52.4 Å². The van der Waals surface area contributed by atoms with Crippen LogP contribution in [0.4, 0.5) is 0 Å². The van der Waals surface area contributed by atoms with Gasteiger partial charge in [0.25, 0.3) is 11.8 Å². The topological polar surface area (TPSA) is 88.2 Å². The first-order valence-electron chi connectivity index (χ1n) is 8.80. The number of amides is 2. The van der Waals surface area contributed by atoms with E-state index in [0.29, 0.717) is 43.9 Å². The molecule has 0 aromatic carbocycles. The van der Waals surface area contributed by atoms with Crippen LogP contribution in [0.5, 0.6) is 0 Å². The monoisotopic (exact) mass is 368 g/mol. The standard InChI is InChI=1S/C19H20N4O4/c1-22(12-14-5-2-3-8-20-14)17(24)15-11-19(27-21-15)7-9-23(13-19)18(25)16-6-4-10-26-16/h2-6,8,10H,7,9,11-13H2,1H3. The Balaban J connectivity index is 1.36. The summed E-state index contributed by atoms with van der Waals surface area (Å²) in [5.74, 6) is -0.0572. The van der Waals surface area contributed by atoms with Gasteiger partial charge in [-0.1, -0.05) is 11.2 Å². The summed E-state index contributed by atoms with van der Waals surface area (Å²) in [5.41, 5.74) is 0.554. The minimum absolute atomic E-state index is 0.174. The number of oxime groups is 1. The molecule has 4 heterocycles. The van der Waals surface area contributed by atoms with E-state index < -0.39 is 5.60 Å². The molecule has 2 aliphatic rings. The molecule has 140 valence electrons. The number of aromatic nitrogens is 1. The third-order valence-electron chi connectivity index (χ3n) is 4.89. The Kier molecular flexibility index (Phi) is 4.39. The highest BCUT2D eigenvalue weighted by Gasteiger charge is 2.48. The highest BCUT2D eigenvalue weighted by atomic mass is 16.7. The smallest absolute Gasteiger partial charge is 0.289 e. The molecule has 2 aromatic rings. The van der Waals surface area contributed by atoms with Crippen molar-refractivity contribution >= 4 is 17.5 Å². The van der Waals surface area contributed by atoms with Crippen molar-refractivity contribution in [2.24, 2.45) is 5.16 Å². The van der Waals surface area contributed by atoms with Crippen LogP contribution in [0.3, 0.4) is 0 Å². The minimum Gasteiger partial charge on any atom is -0.459 e. The van der Waals surface area contributed by atoms with Gasteiger partial charge in [0.05, 0.1) is 25.0 Å². The highest BCUT2D eigenvalue weighted by molar-refractivity contribution is 6.39. The number of pyridine rings is 1. The van der Waals surface area contributed by atoms with Crippen LogP contribution in [0, 0.1) is 0 Å². The Morgan fingerprint density at radius 1 is 1.30 bits per heavy atom. The molecule has 8 nitrogen and oxygen atoms in total. The Labute approximate surface area is 156 Å². The molecule has 27 heavy (non-hydrogen) atoms. The van der Waals surface area contributed by atoms with Crippen LogP contribution < -0.4 is 0 Å². The van der Waals surface area contributed by atoms with Gasteiger partial charge in [0, 0.05) is 32.6 Å². The first-order chi connectivity index (χ1) is 13.1. The van der Waals surface area contributed by atoms with Crippen molar-refractivity contribution in [1.82, 2.24) is 14.8 Å². The number of nitrogens with zero attached hydrogens (tertiary/aromatic N) is 4. The summed E-state index contributed by atoms with van der Waals surface area (Å²) in [6.07, 6.45) is 4.19. The molecule has 1 spiro atoms. The van der Waals surface area contributed by atoms with E-state index in [1.54, 1.807) is 35.2 Å². The minimum atomic E-state index is -0.626. The van der Waals surface area contributed by atoms with Crippen molar-refractivity contribution in [2.75, 3.05) is 20.1 Å². The lowest BCUT2D eigenvalue weighted by atomic mass is 9.96. The molecular formula is C19H20N4O4. The molecule has 1 fully saturated rings. The molecule has 1 atom stereocenters. The Morgan fingerprint density at radius 3 is 2.93 bits per heavy atom. The summed E-state index contributed by atoms with van der Waals surface area (Å²) < 4.78 is 5.18. The third-order valence-corrected chi connectivity index (χ3v) is 4.89. The zero-order chi connectivity index (χ0) is 18.9. The van der Waals surface area contributed by atoms with E-state index in [1.165, 1.54) is 6.26 Å². The molecule has 2 amide bonds. The number of furan rings is 1. The molecule has 8 heteroatoms. The normalized spacial score (nSPS) is 21.2. The van der Waals surface area contributed by atoms with Crippen LogP contribution in [-0.2, 0) is 16.2 Å². The molecule has 2 aromatic heterocycles. The van der Waals surface area contributed by atoms with Crippen molar-refractivity contribution in [3.05, 3.63) is 54.2 Å². The number of carbonyl (C=O) groups excluding carboxylic acids is 2. The molecule has 1 unspecified atom stereocenters. The lowest BCUT2D eigenvalue weighted by molar-refractivity contribution is -0.123. The second-order valence-corrected chi connectivity index (χ2v) is 6.93. The van der Waals surface area contributed by atoms with Crippen LogP contribution >= 0.6 is 0 Å². The second kappa shape index (κ2) is 6.86. The Bertz CT molecular complexity index is 865. The molecular weight excluding hydrogens is 348 g/mol. The number of rotatable bonds is 4. The molecule has 0 aliphatic carbocycles. The summed E-state index contributed by atoms with van der Waals surface area (Å²) in [7, 11) is 1.71. The molecule has 0 radical (unpaired) electrons. The van der Waals surface area contributed by atoms with E-state index in [4.69, 9.17) is 9.25 Å². The molecule has 0 saturated carbocycles. The van der Waals surface area contributed by atoms with E-state index in [-0.39, 0.29) is 11.8 Å². The lowest BCUT2D eigenvalue weighted by Gasteiger charge is -2.21. The van der Waals surface area contributed by atoms with Gasteiger partial charge < -0.3 is 19.1 Å². The SMILES string of the molecule is CN(Cc1ccccn1)C(=O)C1=NOC2(CCN(C(=O)c3ccco3)C2)C1. The zero-order valence-electron chi connectivity index (χ0n) is 15.0. The van der Waals surface area contributed by atoms with Gasteiger partial charge in [-0.05, 0) is 24.3 Å². The quantitative estimate of drug-likeness (QED) is 0.819. The summed E-state index contributed by atoms with van der Waals surface area (Å²) >= 11 is 0. The van der Waals surface area contributed by atoms with E-state index in [2.05, 4.69) is 10.1 Å². The lowest BCUT2D eigenvalue weighted by Crippen LogP contribution is -2.38. The first kappa shape index (κ1) is 17.3. The molecule has 4 rings (SSSR count). The fourth-order valence-electron chi connectivity index (χ4n) is 3.46.